The van der Waals surface area contributed by atoms with E-state index in [0.717, 1.165) is 53.5 Å². The Labute approximate surface area is 381 Å². The SMILES string of the molecule is CC(C)=CCC(C=CC(C)=CC=CC(C)=CC=CC(C)=CC=CC=C(C)C=CC=C(C)C=CC1=C(C)CCC(CC=C(C)COC2OC(CO)C(O)C(O)C2O)C1(C)C)C(C)(C)O. The highest BCUT2D eigenvalue weighted by atomic mass is 16.7. The number of aliphatic hydroxyl groups excluding tert-OH is 4. The molecule has 1 heterocycles. The van der Waals surface area contributed by atoms with Crippen LogP contribution in [0.2, 0.25) is 0 Å². The minimum absolute atomic E-state index is 0.0312. The van der Waals surface area contributed by atoms with Gasteiger partial charge in [-0.05, 0) is 119 Å². The fourth-order valence-corrected chi connectivity index (χ4v) is 7.44. The molecule has 2 rings (SSSR count). The summed E-state index contributed by atoms with van der Waals surface area (Å²) in [6.45, 7) is 27.0. The van der Waals surface area contributed by atoms with Gasteiger partial charge in [-0.25, -0.2) is 0 Å². The minimum Gasteiger partial charge on any atom is -0.394 e. The standard InChI is InChI=1S/C56H82O7/c1-39(2)27-32-48(56(12,13)61)34-28-43(6)25-18-24-42(5)23-16-21-40(3)19-14-15-20-41(4)22-17-26-44(7)30-36-49-46(9)31-35-47(55(49,10)11)33-29-45(8)38-62-54-53(60)52(59)51(58)50(37-57)63-54/h14-30,34,36,47-48,50-54,57-61H,31-33,35,37-38H2,1-13H3. The number of rotatable bonds is 21. The van der Waals surface area contributed by atoms with Gasteiger partial charge < -0.3 is 35.0 Å². The second-order valence-electron chi connectivity index (χ2n) is 18.9. The summed E-state index contributed by atoms with van der Waals surface area (Å²) in [5, 5.41) is 50.4. The normalized spacial score (nSPS) is 25.9. The Morgan fingerprint density at radius 2 is 1.24 bits per heavy atom. The van der Waals surface area contributed by atoms with Crippen molar-refractivity contribution in [3.63, 3.8) is 0 Å². The van der Waals surface area contributed by atoms with E-state index in [-0.39, 0.29) is 17.9 Å². The molecule has 1 fully saturated rings. The van der Waals surface area contributed by atoms with Crippen LogP contribution in [0.5, 0.6) is 0 Å². The lowest BCUT2D eigenvalue weighted by Crippen LogP contribution is -2.59. The van der Waals surface area contributed by atoms with E-state index in [4.69, 9.17) is 9.47 Å². The predicted molar refractivity (Wildman–Crippen MR) is 265 cm³/mol. The zero-order valence-corrected chi connectivity index (χ0v) is 40.8. The molecule has 0 aromatic carbocycles. The van der Waals surface area contributed by atoms with Gasteiger partial charge in [0, 0.05) is 5.92 Å². The molecule has 7 atom stereocenters. The van der Waals surface area contributed by atoms with E-state index >= 15 is 0 Å². The first-order valence-electron chi connectivity index (χ1n) is 22.6. The first kappa shape index (κ1) is 55.2. The van der Waals surface area contributed by atoms with Crippen LogP contribution in [-0.2, 0) is 9.47 Å². The van der Waals surface area contributed by atoms with Crippen molar-refractivity contribution in [3.8, 4) is 0 Å². The van der Waals surface area contributed by atoms with Gasteiger partial charge in [0.1, 0.15) is 24.4 Å². The summed E-state index contributed by atoms with van der Waals surface area (Å²) in [6.07, 6.45) is 37.7. The second kappa shape index (κ2) is 27.4. The zero-order chi connectivity index (χ0) is 47.3. The zero-order valence-electron chi connectivity index (χ0n) is 40.8. The van der Waals surface area contributed by atoms with Gasteiger partial charge in [-0.2, -0.15) is 0 Å². The van der Waals surface area contributed by atoms with Crippen molar-refractivity contribution in [1.29, 1.82) is 0 Å². The average molecular weight is 867 g/mol. The molecule has 7 heteroatoms. The van der Waals surface area contributed by atoms with Crippen molar-refractivity contribution in [2.45, 2.75) is 152 Å². The lowest BCUT2D eigenvalue weighted by Gasteiger charge is -2.41. The van der Waals surface area contributed by atoms with Crippen molar-refractivity contribution in [2.75, 3.05) is 13.2 Å². The molecule has 1 aliphatic heterocycles. The second-order valence-corrected chi connectivity index (χ2v) is 18.9. The summed E-state index contributed by atoms with van der Waals surface area (Å²) in [6, 6.07) is 0. The minimum atomic E-state index is -1.45. The van der Waals surface area contributed by atoms with Crippen LogP contribution in [0, 0.1) is 17.3 Å². The third-order valence-electron chi connectivity index (χ3n) is 11.9. The van der Waals surface area contributed by atoms with Gasteiger partial charge in [0.05, 0.1) is 18.8 Å². The average Bonchev–Trinajstić information content (AvgIpc) is 3.20. The van der Waals surface area contributed by atoms with Crippen LogP contribution in [-0.4, -0.2) is 75.1 Å². The maximum absolute atomic E-state index is 10.6. The molecular weight excluding hydrogens is 785 g/mol. The van der Waals surface area contributed by atoms with Crippen LogP contribution in [0.1, 0.15) is 116 Å². The van der Waals surface area contributed by atoms with Gasteiger partial charge in [0.25, 0.3) is 0 Å². The number of hydrogen-bond donors (Lipinski definition) is 5. The van der Waals surface area contributed by atoms with Crippen molar-refractivity contribution >= 4 is 0 Å². The molecule has 5 N–H and O–H groups in total. The van der Waals surface area contributed by atoms with Crippen LogP contribution in [0.15, 0.2) is 166 Å². The van der Waals surface area contributed by atoms with Crippen molar-refractivity contribution < 1.29 is 35.0 Å². The van der Waals surface area contributed by atoms with Crippen LogP contribution in [0.4, 0.5) is 0 Å². The van der Waals surface area contributed by atoms with E-state index in [1.54, 1.807) is 0 Å². The molecule has 2 aliphatic rings. The molecule has 348 valence electrons. The molecule has 0 aromatic heterocycles. The van der Waals surface area contributed by atoms with Crippen molar-refractivity contribution in [3.05, 3.63) is 166 Å². The molecule has 0 bridgehead atoms. The summed E-state index contributed by atoms with van der Waals surface area (Å²) in [4.78, 5) is 0. The Hall–Kier alpha value is -3.92. The van der Waals surface area contributed by atoms with E-state index in [2.05, 4.69) is 185 Å². The molecule has 0 aromatic rings. The number of aliphatic hydroxyl groups is 5. The van der Waals surface area contributed by atoms with Gasteiger partial charge in [0.2, 0.25) is 0 Å². The molecule has 1 saturated heterocycles. The first-order chi connectivity index (χ1) is 29.6. The molecule has 0 radical (unpaired) electrons. The van der Waals surface area contributed by atoms with E-state index in [1.807, 2.05) is 20.8 Å². The predicted octanol–water partition coefficient (Wildman–Crippen LogP) is 11.7. The van der Waals surface area contributed by atoms with Crippen LogP contribution < -0.4 is 0 Å². The summed E-state index contributed by atoms with van der Waals surface area (Å²) in [7, 11) is 0. The van der Waals surface area contributed by atoms with Gasteiger partial charge in [-0.15, -0.1) is 0 Å². The molecule has 0 spiro atoms. The molecule has 7 unspecified atom stereocenters. The summed E-state index contributed by atoms with van der Waals surface area (Å²) < 4.78 is 11.2. The van der Waals surface area contributed by atoms with Crippen molar-refractivity contribution in [2.24, 2.45) is 17.3 Å². The Balaban J connectivity index is 1.91. The molecule has 63 heavy (non-hydrogen) atoms. The lowest BCUT2D eigenvalue weighted by atomic mass is 9.64. The highest BCUT2D eigenvalue weighted by Crippen LogP contribution is 2.47. The molecule has 7 nitrogen and oxygen atoms in total. The number of hydrogen-bond acceptors (Lipinski definition) is 7. The van der Waals surface area contributed by atoms with E-state index < -0.39 is 42.9 Å². The lowest BCUT2D eigenvalue weighted by molar-refractivity contribution is -0.299. The van der Waals surface area contributed by atoms with Crippen LogP contribution >= 0.6 is 0 Å². The molecule has 1 aliphatic carbocycles. The van der Waals surface area contributed by atoms with Crippen LogP contribution in [0.3, 0.4) is 0 Å². The smallest absolute Gasteiger partial charge is 0.187 e. The molecular formula is C56H82O7. The number of allylic oxidation sites excluding steroid dienone is 26. The summed E-state index contributed by atoms with van der Waals surface area (Å²) >= 11 is 0. The number of ether oxygens (including phenoxy) is 2. The van der Waals surface area contributed by atoms with E-state index in [1.165, 1.54) is 22.3 Å². The van der Waals surface area contributed by atoms with Gasteiger partial charge >= 0.3 is 0 Å². The largest absolute Gasteiger partial charge is 0.394 e. The first-order valence-corrected chi connectivity index (χ1v) is 22.6. The topological polar surface area (TPSA) is 120 Å². The third kappa shape index (κ3) is 20.2. The van der Waals surface area contributed by atoms with Crippen molar-refractivity contribution in [1.82, 2.24) is 0 Å². The summed E-state index contributed by atoms with van der Waals surface area (Å²) in [5.74, 6) is 0.490. The van der Waals surface area contributed by atoms with Gasteiger partial charge in [-0.1, -0.05) is 174 Å². The maximum atomic E-state index is 10.6. The van der Waals surface area contributed by atoms with E-state index in [9.17, 15) is 25.5 Å². The van der Waals surface area contributed by atoms with Gasteiger partial charge in [0.15, 0.2) is 6.29 Å². The summed E-state index contributed by atoms with van der Waals surface area (Å²) in [5.41, 5.74) is 10.0. The Kier molecular flexibility index (Phi) is 24.0. The fraction of sp³-hybridized carbons (Fsp3) is 0.500. The quantitative estimate of drug-likeness (QED) is 0.0576. The Morgan fingerprint density at radius 3 is 1.75 bits per heavy atom. The maximum Gasteiger partial charge on any atom is 0.187 e. The highest BCUT2D eigenvalue weighted by molar-refractivity contribution is 5.38. The third-order valence-corrected chi connectivity index (χ3v) is 11.9. The highest BCUT2D eigenvalue weighted by Gasteiger charge is 2.44. The molecule has 0 amide bonds. The monoisotopic (exact) mass is 867 g/mol. The van der Waals surface area contributed by atoms with E-state index in [0.29, 0.717) is 5.92 Å². The Morgan fingerprint density at radius 1 is 0.730 bits per heavy atom. The molecule has 0 saturated carbocycles. The Bertz CT molecular complexity index is 1900. The fourth-order valence-electron chi connectivity index (χ4n) is 7.44. The van der Waals surface area contributed by atoms with Crippen LogP contribution in [0.25, 0.3) is 0 Å². The van der Waals surface area contributed by atoms with Gasteiger partial charge in [-0.3, -0.25) is 0 Å².